The van der Waals surface area contributed by atoms with Gasteiger partial charge in [0.05, 0.1) is 10.7 Å². The molecule has 1 nitrogen and oxygen atoms in total. The van der Waals surface area contributed by atoms with Crippen LogP contribution < -0.4 is 0 Å². The van der Waals surface area contributed by atoms with Crippen molar-refractivity contribution in [2.45, 2.75) is 32.6 Å². The average Bonchev–Trinajstić information content (AvgIpc) is 2.80. The first-order chi connectivity index (χ1) is 16.4. The largest absolute Gasteiger partial charge is 0.206 e. The van der Waals surface area contributed by atoms with Crippen molar-refractivity contribution in [1.82, 2.24) is 0 Å². The minimum absolute atomic E-state index is 0.133. The van der Waals surface area contributed by atoms with E-state index in [0.29, 0.717) is 23.1 Å². The van der Waals surface area contributed by atoms with Crippen LogP contribution in [-0.4, -0.2) is 5.16 Å². The molecule has 0 saturated heterocycles. The van der Waals surface area contributed by atoms with Crippen LogP contribution in [0.3, 0.4) is 0 Å². The Balaban J connectivity index is 1.77. The summed E-state index contributed by atoms with van der Waals surface area (Å²) in [4.78, 5) is 3.37. The maximum Gasteiger partial charge on any atom is 0.153 e. The van der Waals surface area contributed by atoms with Crippen molar-refractivity contribution in [3.05, 3.63) is 88.5 Å². The summed E-state index contributed by atoms with van der Waals surface area (Å²) in [5.41, 5.74) is 1.01. The van der Waals surface area contributed by atoms with Crippen molar-refractivity contribution in [2.75, 3.05) is 0 Å². The minimum atomic E-state index is -0.854. The van der Waals surface area contributed by atoms with Crippen molar-refractivity contribution >= 4 is 35.2 Å². The summed E-state index contributed by atoms with van der Waals surface area (Å²) < 4.78 is 57.2. The van der Waals surface area contributed by atoms with Gasteiger partial charge in [-0.2, -0.15) is 4.99 Å². The van der Waals surface area contributed by atoms with Gasteiger partial charge < -0.3 is 0 Å². The van der Waals surface area contributed by atoms with E-state index >= 15 is 0 Å². The number of isothiocyanates is 1. The van der Waals surface area contributed by atoms with Gasteiger partial charge in [0.2, 0.25) is 0 Å². The fraction of sp³-hybridized carbons (Fsp3) is 0.179. The van der Waals surface area contributed by atoms with Gasteiger partial charge in [0.1, 0.15) is 17.3 Å². The van der Waals surface area contributed by atoms with Crippen molar-refractivity contribution in [3.8, 4) is 23.0 Å². The second kappa shape index (κ2) is 12.1. The van der Waals surface area contributed by atoms with Crippen molar-refractivity contribution < 1.29 is 17.6 Å². The molecule has 0 radical (unpaired) electrons. The Morgan fingerprint density at radius 3 is 2.03 bits per heavy atom. The molecule has 6 heteroatoms. The number of unbranched alkanes of at least 4 members (excludes halogenated alkanes) is 3. The zero-order valence-electron chi connectivity index (χ0n) is 18.5. The Hall–Kier alpha value is -3.52. The van der Waals surface area contributed by atoms with Gasteiger partial charge in [-0.15, -0.1) is 0 Å². The Morgan fingerprint density at radius 1 is 0.824 bits per heavy atom. The molecule has 0 bridgehead atoms. The van der Waals surface area contributed by atoms with E-state index in [-0.39, 0.29) is 11.1 Å². The average molecular weight is 480 g/mol. The first-order valence-corrected chi connectivity index (χ1v) is 11.2. The molecular formula is C28H21F4NS. The molecule has 0 aliphatic heterocycles. The molecular weight excluding hydrogens is 458 g/mol. The highest BCUT2D eigenvalue weighted by atomic mass is 32.1. The summed E-state index contributed by atoms with van der Waals surface area (Å²) in [5, 5.41) is 1.94. The Kier molecular flexibility index (Phi) is 8.93. The van der Waals surface area contributed by atoms with Crippen molar-refractivity contribution in [1.29, 1.82) is 0 Å². The van der Waals surface area contributed by atoms with E-state index in [9.17, 15) is 17.6 Å². The highest BCUT2D eigenvalue weighted by Crippen LogP contribution is 2.28. The van der Waals surface area contributed by atoms with Gasteiger partial charge in [-0.3, -0.25) is 0 Å². The number of nitrogens with zero attached hydrogens (tertiary/aromatic N) is 1. The van der Waals surface area contributed by atoms with E-state index in [4.69, 9.17) is 0 Å². The van der Waals surface area contributed by atoms with E-state index in [0.717, 1.165) is 31.4 Å². The molecule has 0 unspecified atom stereocenters. The fourth-order valence-electron chi connectivity index (χ4n) is 3.34. The standard InChI is InChI=1S/C28H21F4NS/c1-2-3-4-5-6-7-20-14-23(29)27(24(30)15-20)22-12-10-19(11-13-22)8-9-21-16-25(31)28(33-18-34)26(32)17-21/h8-17H,2-5H2,1H3/b9-8+. The molecule has 172 valence electrons. The lowest BCUT2D eigenvalue weighted by Gasteiger charge is -2.07. The predicted molar refractivity (Wildman–Crippen MR) is 133 cm³/mol. The molecule has 3 aromatic rings. The van der Waals surface area contributed by atoms with E-state index in [1.807, 2.05) is 5.16 Å². The first kappa shape index (κ1) is 25.1. The third-order valence-electron chi connectivity index (χ3n) is 5.04. The van der Waals surface area contributed by atoms with Crippen LogP contribution >= 0.6 is 12.2 Å². The molecule has 0 aliphatic rings. The lowest BCUT2D eigenvalue weighted by atomic mass is 10.0. The number of aliphatic imine (C=N–C) groups is 1. The van der Waals surface area contributed by atoms with Gasteiger partial charge in [-0.25, -0.2) is 17.6 Å². The molecule has 0 spiro atoms. The molecule has 0 aliphatic carbocycles. The quantitative estimate of drug-likeness (QED) is 0.0824. The maximum absolute atomic E-state index is 14.6. The van der Waals surface area contributed by atoms with Crippen LogP contribution in [0, 0.1) is 35.1 Å². The summed E-state index contributed by atoms with van der Waals surface area (Å²) in [6.45, 7) is 2.10. The number of halogens is 4. The fourth-order valence-corrected chi connectivity index (χ4v) is 3.43. The molecule has 34 heavy (non-hydrogen) atoms. The summed E-state index contributed by atoms with van der Waals surface area (Å²) >= 11 is 4.38. The smallest absolute Gasteiger partial charge is 0.153 e. The summed E-state index contributed by atoms with van der Waals surface area (Å²) in [5.74, 6) is 2.68. The maximum atomic E-state index is 14.6. The number of thiocarbonyl (C=S) groups is 1. The molecule has 0 amide bonds. The lowest BCUT2D eigenvalue weighted by molar-refractivity contribution is 0.587. The SMILES string of the molecule is CCCCCC#Cc1cc(F)c(-c2ccc(/C=C/c3cc(F)c(N=C=S)c(F)c3)cc2)c(F)c1. The number of rotatable bonds is 7. The lowest BCUT2D eigenvalue weighted by Crippen LogP contribution is -1.92. The van der Waals surface area contributed by atoms with Crippen LogP contribution in [0.25, 0.3) is 23.3 Å². The molecule has 3 rings (SSSR count). The van der Waals surface area contributed by atoms with E-state index in [1.165, 1.54) is 18.2 Å². The number of benzene rings is 3. The Bertz CT molecular complexity index is 1260. The Morgan fingerprint density at radius 2 is 1.44 bits per heavy atom. The third-order valence-corrected chi connectivity index (χ3v) is 5.14. The summed E-state index contributed by atoms with van der Waals surface area (Å²) in [6.07, 6.45) is 6.96. The Labute approximate surface area is 201 Å². The number of hydrogen-bond acceptors (Lipinski definition) is 2. The molecule has 3 aromatic carbocycles. The van der Waals surface area contributed by atoms with Crippen LogP contribution in [0.4, 0.5) is 23.2 Å². The molecule has 0 aromatic heterocycles. The van der Waals surface area contributed by atoms with Crippen LogP contribution in [0.5, 0.6) is 0 Å². The normalized spacial score (nSPS) is 10.6. The van der Waals surface area contributed by atoms with Gasteiger partial charge in [-0.05, 0) is 59.6 Å². The van der Waals surface area contributed by atoms with Crippen LogP contribution in [0.15, 0.2) is 53.5 Å². The van der Waals surface area contributed by atoms with Crippen LogP contribution in [-0.2, 0) is 0 Å². The second-order valence-electron chi connectivity index (χ2n) is 7.57. The van der Waals surface area contributed by atoms with Gasteiger partial charge in [-0.1, -0.05) is 68.0 Å². The molecule has 0 N–H and O–H groups in total. The summed E-state index contributed by atoms with van der Waals surface area (Å²) in [7, 11) is 0. The van der Waals surface area contributed by atoms with Gasteiger partial charge >= 0.3 is 0 Å². The van der Waals surface area contributed by atoms with Gasteiger partial charge in [0.25, 0.3) is 0 Å². The topological polar surface area (TPSA) is 12.4 Å². The number of hydrogen-bond donors (Lipinski definition) is 0. The third kappa shape index (κ3) is 6.51. The van der Waals surface area contributed by atoms with E-state index < -0.39 is 29.0 Å². The van der Waals surface area contributed by atoms with Gasteiger partial charge in [0.15, 0.2) is 11.6 Å². The molecule has 0 fully saturated rings. The van der Waals surface area contributed by atoms with Crippen LogP contribution in [0.2, 0.25) is 0 Å². The molecule has 0 heterocycles. The van der Waals surface area contributed by atoms with E-state index in [1.54, 1.807) is 30.3 Å². The predicted octanol–water partition coefficient (Wildman–Crippen LogP) is 8.75. The zero-order valence-corrected chi connectivity index (χ0v) is 19.3. The van der Waals surface area contributed by atoms with Gasteiger partial charge in [0, 0.05) is 12.0 Å². The zero-order chi connectivity index (χ0) is 24.5. The molecule has 0 atom stereocenters. The highest BCUT2D eigenvalue weighted by Gasteiger charge is 2.13. The minimum Gasteiger partial charge on any atom is -0.206 e. The van der Waals surface area contributed by atoms with E-state index in [2.05, 4.69) is 36.0 Å². The summed E-state index contributed by atoms with van der Waals surface area (Å²) in [6, 6.07) is 11.2. The molecule has 0 saturated carbocycles. The first-order valence-electron chi connectivity index (χ1n) is 10.8. The second-order valence-corrected chi connectivity index (χ2v) is 7.75. The highest BCUT2D eigenvalue weighted by molar-refractivity contribution is 7.78. The van der Waals surface area contributed by atoms with Crippen LogP contribution in [0.1, 0.15) is 49.3 Å². The monoisotopic (exact) mass is 479 g/mol. The van der Waals surface area contributed by atoms with Crippen molar-refractivity contribution in [3.63, 3.8) is 0 Å². The van der Waals surface area contributed by atoms with Crippen molar-refractivity contribution in [2.24, 2.45) is 4.99 Å².